The van der Waals surface area contributed by atoms with Crippen molar-refractivity contribution in [1.29, 1.82) is 0 Å². The molecule has 0 radical (unpaired) electrons. The number of para-hydroxylation sites is 1. The second kappa shape index (κ2) is 7.53. The van der Waals surface area contributed by atoms with Crippen molar-refractivity contribution >= 4 is 23.4 Å². The molecular formula is C19H13F5N2O3. The van der Waals surface area contributed by atoms with Crippen LogP contribution >= 0.6 is 0 Å². The highest BCUT2D eigenvalue weighted by molar-refractivity contribution is 6.32. The topological polar surface area (TPSA) is 51.1 Å². The molecule has 29 heavy (non-hydrogen) atoms. The van der Waals surface area contributed by atoms with E-state index in [1.165, 1.54) is 27.2 Å². The number of carbonyl (C=O) groups is 1. The predicted octanol–water partition coefficient (Wildman–Crippen LogP) is 4.21. The molecule has 3 rings (SSSR count). The largest absolute Gasteiger partial charge is 0.493 e. The molecule has 1 aliphatic rings. The number of anilines is 1. The van der Waals surface area contributed by atoms with Gasteiger partial charge in [0.2, 0.25) is 5.82 Å². The van der Waals surface area contributed by atoms with E-state index in [9.17, 15) is 26.7 Å². The van der Waals surface area contributed by atoms with E-state index in [0.29, 0.717) is 11.3 Å². The number of carbonyl (C=O) groups excluding carboxylic acids is 1. The fourth-order valence-electron chi connectivity index (χ4n) is 2.80. The molecule has 5 nitrogen and oxygen atoms in total. The Morgan fingerprint density at radius 3 is 2.07 bits per heavy atom. The molecule has 2 aromatic carbocycles. The maximum atomic E-state index is 14.1. The Bertz CT molecular complexity index is 1050. The van der Waals surface area contributed by atoms with E-state index < -0.39 is 40.7 Å². The number of ether oxygens (including phenoxy) is 2. The van der Waals surface area contributed by atoms with E-state index in [4.69, 9.17) is 9.47 Å². The fraction of sp³-hybridized carbons (Fsp3) is 0.158. The molecule has 1 aliphatic heterocycles. The molecule has 0 spiro atoms. The van der Waals surface area contributed by atoms with Gasteiger partial charge in [-0.3, -0.25) is 4.79 Å². The van der Waals surface area contributed by atoms with Gasteiger partial charge in [-0.15, -0.1) is 0 Å². The number of hydrogen-bond donors (Lipinski definition) is 0. The average Bonchev–Trinajstić information content (AvgIpc) is 2.98. The van der Waals surface area contributed by atoms with Crippen molar-refractivity contribution in [3.05, 3.63) is 58.4 Å². The molecular weight excluding hydrogens is 399 g/mol. The second-order valence-corrected chi connectivity index (χ2v) is 5.86. The van der Waals surface area contributed by atoms with E-state index in [0.717, 1.165) is 0 Å². The summed E-state index contributed by atoms with van der Waals surface area (Å²) in [5.41, 5.74) is -1.19. The van der Waals surface area contributed by atoms with Crippen molar-refractivity contribution in [1.82, 2.24) is 0 Å². The third-order valence-electron chi connectivity index (χ3n) is 4.19. The zero-order chi connectivity index (χ0) is 21.5. The number of rotatable bonds is 4. The van der Waals surface area contributed by atoms with Gasteiger partial charge in [-0.25, -0.2) is 22.0 Å². The van der Waals surface area contributed by atoms with Gasteiger partial charge in [0.05, 0.1) is 25.5 Å². The van der Waals surface area contributed by atoms with Gasteiger partial charge in [0.15, 0.2) is 34.8 Å². The molecule has 0 unspecified atom stereocenters. The van der Waals surface area contributed by atoms with Crippen LogP contribution in [0.5, 0.6) is 11.5 Å². The number of halogens is 5. The lowest BCUT2D eigenvalue weighted by Gasteiger charge is -2.15. The van der Waals surface area contributed by atoms with Crippen molar-refractivity contribution in [2.75, 3.05) is 19.2 Å². The maximum Gasteiger partial charge on any atom is 0.280 e. The number of hydrazone groups is 1. The maximum absolute atomic E-state index is 14.1. The first-order valence-corrected chi connectivity index (χ1v) is 8.07. The van der Waals surface area contributed by atoms with Gasteiger partial charge in [-0.05, 0) is 19.1 Å². The van der Waals surface area contributed by atoms with E-state index >= 15 is 0 Å². The summed E-state index contributed by atoms with van der Waals surface area (Å²) in [6.07, 6.45) is 1.31. The summed E-state index contributed by atoms with van der Waals surface area (Å²) in [6.45, 7) is 1.35. The van der Waals surface area contributed by atoms with Crippen LogP contribution in [-0.4, -0.2) is 25.8 Å². The van der Waals surface area contributed by atoms with Gasteiger partial charge in [-0.2, -0.15) is 10.1 Å². The van der Waals surface area contributed by atoms with Gasteiger partial charge in [0.25, 0.3) is 5.91 Å². The fourth-order valence-corrected chi connectivity index (χ4v) is 2.80. The lowest BCUT2D eigenvalue weighted by atomic mass is 10.1. The smallest absolute Gasteiger partial charge is 0.280 e. The molecule has 0 saturated carbocycles. The lowest BCUT2D eigenvalue weighted by Crippen LogP contribution is -2.25. The molecule has 0 fully saturated rings. The van der Waals surface area contributed by atoms with E-state index in [-0.39, 0.29) is 22.0 Å². The Kier molecular flexibility index (Phi) is 5.27. The van der Waals surface area contributed by atoms with E-state index in [1.807, 2.05) is 0 Å². The Balaban J connectivity index is 2.12. The van der Waals surface area contributed by atoms with Crippen LogP contribution in [0.3, 0.4) is 0 Å². The quantitative estimate of drug-likeness (QED) is 0.327. The molecule has 0 aliphatic carbocycles. The van der Waals surface area contributed by atoms with Crippen LogP contribution in [0.4, 0.5) is 27.6 Å². The highest BCUT2D eigenvalue weighted by Crippen LogP contribution is 2.36. The molecule has 0 saturated heterocycles. The minimum absolute atomic E-state index is 0.00353. The van der Waals surface area contributed by atoms with Crippen LogP contribution in [0, 0.1) is 29.1 Å². The van der Waals surface area contributed by atoms with Crippen LogP contribution in [0.15, 0.2) is 28.9 Å². The Hall–Kier alpha value is -3.43. The molecule has 2 aromatic rings. The van der Waals surface area contributed by atoms with Crippen molar-refractivity contribution in [3.8, 4) is 11.5 Å². The third kappa shape index (κ3) is 3.20. The van der Waals surface area contributed by atoms with E-state index in [2.05, 4.69) is 5.10 Å². The summed E-state index contributed by atoms with van der Waals surface area (Å²) < 4.78 is 78.9. The molecule has 0 atom stereocenters. The van der Waals surface area contributed by atoms with Gasteiger partial charge >= 0.3 is 0 Å². The number of nitrogens with zero attached hydrogens (tertiary/aromatic N) is 2. The lowest BCUT2D eigenvalue weighted by molar-refractivity contribution is -0.114. The summed E-state index contributed by atoms with van der Waals surface area (Å²) in [5.74, 6) is -11.4. The van der Waals surface area contributed by atoms with Crippen LogP contribution in [0.2, 0.25) is 0 Å². The molecule has 152 valence electrons. The second-order valence-electron chi connectivity index (χ2n) is 5.86. The van der Waals surface area contributed by atoms with Crippen molar-refractivity contribution in [2.45, 2.75) is 6.92 Å². The standard InChI is InChI=1S/C19H13F5N2O3/c1-8-10(7-9-5-4-6-11(28-2)18(9)29-3)19(27)26(25-8)17-15(23)13(21)12(20)14(22)16(17)24/h4-7H,1-3H3/b10-7-. The number of amides is 1. The van der Waals surface area contributed by atoms with Crippen molar-refractivity contribution < 1.29 is 36.2 Å². The van der Waals surface area contributed by atoms with Crippen molar-refractivity contribution in [2.24, 2.45) is 5.10 Å². The monoisotopic (exact) mass is 412 g/mol. The van der Waals surface area contributed by atoms with Crippen molar-refractivity contribution in [3.63, 3.8) is 0 Å². The minimum Gasteiger partial charge on any atom is -0.493 e. The summed E-state index contributed by atoms with van der Waals surface area (Å²) in [7, 11) is 2.78. The molecule has 1 heterocycles. The Morgan fingerprint density at radius 2 is 1.52 bits per heavy atom. The molecule has 0 aromatic heterocycles. The molecule has 0 bridgehead atoms. The predicted molar refractivity (Wildman–Crippen MR) is 94.4 cm³/mol. The Morgan fingerprint density at radius 1 is 0.931 bits per heavy atom. The normalized spacial score (nSPS) is 15.2. The highest BCUT2D eigenvalue weighted by atomic mass is 19.2. The molecule has 10 heteroatoms. The van der Waals surface area contributed by atoms with Crippen LogP contribution in [0.25, 0.3) is 6.08 Å². The SMILES string of the molecule is COc1cccc(/C=C2\C(=O)N(c3c(F)c(F)c(F)c(F)c3F)N=C2C)c1OC. The first kappa shape index (κ1) is 20.3. The van der Waals surface area contributed by atoms with Gasteiger partial charge in [0.1, 0.15) is 5.69 Å². The van der Waals surface area contributed by atoms with Gasteiger partial charge < -0.3 is 9.47 Å². The molecule has 0 N–H and O–H groups in total. The van der Waals surface area contributed by atoms with Gasteiger partial charge in [-0.1, -0.05) is 12.1 Å². The first-order valence-electron chi connectivity index (χ1n) is 8.07. The van der Waals surface area contributed by atoms with E-state index in [1.54, 1.807) is 18.2 Å². The summed E-state index contributed by atoms with van der Waals surface area (Å²) in [4.78, 5) is 12.7. The van der Waals surface area contributed by atoms with Crippen LogP contribution < -0.4 is 14.5 Å². The first-order chi connectivity index (χ1) is 13.7. The zero-order valence-electron chi connectivity index (χ0n) is 15.3. The number of benzene rings is 2. The zero-order valence-corrected chi connectivity index (χ0v) is 15.3. The Labute approximate surface area is 161 Å². The summed E-state index contributed by atoms with van der Waals surface area (Å²) in [6, 6.07) is 4.80. The van der Waals surface area contributed by atoms with Crippen LogP contribution in [0.1, 0.15) is 12.5 Å². The minimum atomic E-state index is -2.33. The third-order valence-corrected chi connectivity index (χ3v) is 4.19. The highest BCUT2D eigenvalue weighted by Gasteiger charge is 2.37. The molecule has 1 amide bonds. The summed E-state index contributed by atoms with van der Waals surface area (Å²) >= 11 is 0. The number of hydrogen-bond acceptors (Lipinski definition) is 4. The average molecular weight is 412 g/mol. The van der Waals surface area contributed by atoms with Gasteiger partial charge in [0, 0.05) is 5.56 Å². The number of methoxy groups -OCH3 is 2. The van der Waals surface area contributed by atoms with Crippen LogP contribution in [-0.2, 0) is 4.79 Å². The summed E-state index contributed by atoms with van der Waals surface area (Å²) in [5, 5.41) is 3.82.